The predicted octanol–water partition coefficient (Wildman–Crippen LogP) is 0.890. The summed E-state index contributed by atoms with van der Waals surface area (Å²) in [6.07, 6.45) is 0. The van der Waals surface area contributed by atoms with Gasteiger partial charge in [-0.2, -0.15) is 0 Å². The largest absolute Gasteiger partial charge is 1.00 e. The zero-order chi connectivity index (χ0) is 19.3. The number of allylic oxidation sites excluding steroid dienone is 4. The van der Waals surface area contributed by atoms with Gasteiger partial charge < -0.3 is 34.0 Å². The van der Waals surface area contributed by atoms with E-state index in [1.165, 1.54) is 39.0 Å². The quantitative estimate of drug-likeness (QED) is 0.509. The molecular formula is C23H33Br2OZr. The van der Waals surface area contributed by atoms with Gasteiger partial charge in [0, 0.05) is 0 Å². The minimum atomic E-state index is 0. The zero-order valence-electron chi connectivity index (χ0n) is 18.4. The molecule has 1 aromatic rings. The van der Waals surface area contributed by atoms with Crippen LogP contribution in [0.2, 0.25) is 0 Å². The summed E-state index contributed by atoms with van der Waals surface area (Å²) in [6.45, 7) is 22.9. The van der Waals surface area contributed by atoms with E-state index in [4.69, 9.17) is 2.81 Å². The molecule has 0 aliphatic heterocycles. The fourth-order valence-corrected chi connectivity index (χ4v) is 4.27. The van der Waals surface area contributed by atoms with Crippen molar-refractivity contribution in [3.05, 3.63) is 45.5 Å². The van der Waals surface area contributed by atoms with Crippen LogP contribution in [0.15, 0.2) is 28.9 Å². The number of hydrogen-bond donors (Lipinski definition) is 0. The zero-order valence-corrected chi connectivity index (χ0v) is 24.0. The van der Waals surface area contributed by atoms with Crippen molar-refractivity contribution in [3.63, 3.8) is 0 Å². The Kier molecular flexibility index (Phi) is 9.56. The molecule has 149 valence electrons. The summed E-state index contributed by atoms with van der Waals surface area (Å²) in [6, 6.07) is 4.75. The second-order valence-corrected chi connectivity index (χ2v) is 10.1. The molecule has 0 bridgehead atoms. The van der Waals surface area contributed by atoms with E-state index in [2.05, 4.69) is 81.4 Å². The van der Waals surface area contributed by atoms with Crippen LogP contribution in [0.4, 0.5) is 0 Å². The van der Waals surface area contributed by atoms with E-state index in [9.17, 15) is 0 Å². The molecule has 1 aliphatic rings. The van der Waals surface area contributed by atoms with Crippen molar-refractivity contribution in [2.75, 3.05) is 0 Å². The molecule has 1 unspecified atom stereocenters. The molecule has 1 nitrogen and oxygen atoms in total. The van der Waals surface area contributed by atoms with Crippen LogP contribution in [0.3, 0.4) is 0 Å². The van der Waals surface area contributed by atoms with Crippen LogP contribution in [0.5, 0.6) is 5.75 Å². The van der Waals surface area contributed by atoms with Gasteiger partial charge in [0.15, 0.2) is 0 Å². The average Bonchev–Trinajstić information content (AvgIpc) is 2.68. The van der Waals surface area contributed by atoms with Crippen LogP contribution in [-0.2, 0) is 36.0 Å². The molecule has 1 aromatic carbocycles. The minimum absolute atomic E-state index is 0. The van der Waals surface area contributed by atoms with Crippen LogP contribution < -0.4 is 36.8 Å². The molecule has 0 aromatic heterocycles. The van der Waals surface area contributed by atoms with E-state index in [0.29, 0.717) is 5.92 Å². The fraction of sp³-hybridized carbons (Fsp3) is 0.565. The predicted molar refractivity (Wildman–Crippen MR) is 105 cm³/mol. The third-order valence-corrected chi connectivity index (χ3v) is 6.30. The maximum atomic E-state index is 6.09. The molecule has 0 amide bonds. The van der Waals surface area contributed by atoms with E-state index in [-0.39, 0.29) is 44.8 Å². The number of benzene rings is 1. The molecule has 0 fully saturated rings. The molecule has 0 saturated carbocycles. The van der Waals surface area contributed by atoms with E-state index in [1.54, 1.807) is 0 Å². The van der Waals surface area contributed by atoms with Gasteiger partial charge in [-0.15, -0.1) is 0 Å². The Bertz CT molecular complexity index is 762. The first-order valence-electron chi connectivity index (χ1n) is 9.22. The molecule has 27 heavy (non-hydrogen) atoms. The molecule has 1 atom stereocenters. The molecule has 0 radical (unpaired) electrons. The maximum absolute atomic E-state index is 6.09. The van der Waals surface area contributed by atoms with Crippen LogP contribution in [0.1, 0.15) is 85.9 Å². The number of hydrogen-bond acceptors (Lipinski definition) is 1. The summed E-state index contributed by atoms with van der Waals surface area (Å²) in [4.78, 5) is 0. The summed E-state index contributed by atoms with van der Waals surface area (Å²) in [5.74, 6) is 1.54. The Morgan fingerprint density at radius 1 is 0.852 bits per heavy atom. The monoisotopic (exact) mass is 573 g/mol. The van der Waals surface area contributed by atoms with Gasteiger partial charge in [-0.1, -0.05) is 0 Å². The van der Waals surface area contributed by atoms with Gasteiger partial charge in [-0.05, 0) is 0 Å². The Balaban J connectivity index is 0.00000338. The summed E-state index contributed by atoms with van der Waals surface area (Å²) in [5.41, 5.74) is 9.97. The second-order valence-electron chi connectivity index (χ2n) is 9.57. The summed E-state index contributed by atoms with van der Waals surface area (Å²) < 4.78 is 6.09. The molecule has 1 aliphatic carbocycles. The molecular weight excluding hydrogens is 543 g/mol. The Hall–Kier alpha value is 0.343. The van der Waals surface area contributed by atoms with Crippen LogP contribution in [0, 0.1) is 5.92 Å². The molecule has 0 heterocycles. The van der Waals surface area contributed by atoms with Crippen molar-refractivity contribution in [1.29, 1.82) is 0 Å². The van der Waals surface area contributed by atoms with Gasteiger partial charge in [0.25, 0.3) is 0 Å². The van der Waals surface area contributed by atoms with Crippen LogP contribution >= 0.6 is 0 Å². The van der Waals surface area contributed by atoms with Gasteiger partial charge in [0.05, 0.1) is 0 Å². The summed E-state index contributed by atoms with van der Waals surface area (Å²) in [5, 5.41) is 0. The van der Waals surface area contributed by atoms with E-state index >= 15 is 0 Å². The fourth-order valence-electron chi connectivity index (χ4n) is 3.73. The molecule has 0 spiro atoms. The third-order valence-electron chi connectivity index (χ3n) is 5.80. The number of halogens is 2. The van der Waals surface area contributed by atoms with Crippen molar-refractivity contribution < 1.29 is 61.9 Å². The van der Waals surface area contributed by atoms with Crippen molar-refractivity contribution in [2.24, 2.45) is 5.92 Å². The van der Waals surface area contributed by atoms with Crippen LogP contribution in [0.25, 0.3) is 5.57 Å². The smallest absolute Gasteiger partial charge is 1.00 e. The third kappa shape index (κ3) is 5.29. The molecule has 0 saturated heterocycles. The maximum Gasteiger partial charge on any atom is -1.00 e. The Morgan fingerprint density at radius 3 is 1.70 bits per heavy atom. The van der Waals surface area contributed by atoms with Crippen molar-refractivity contribution in [2.45, 2.75) is 80.1 Å². The standard InChI is InChI=1S/C23H34O.2BrH.Zr/c1-13-14(2)16(4)20(15(13)3)18-11-17(22(5,6)7)12-19(21(18)24)23(8,9)10;;;/h11-12,15,24H,1-10H3;2*1H;/q;;;+3/p-3. The van der Waals surface area contributed by atoms with Crippen molar-refractivity contribution >= 4 is 5.57 Å². The Labute approximate surface area is 203 Å². The van der Waals surface area contributed by atoms with E-state index in [0.717, 1.165) is 30.9 Å². The summed E-state index contributed by atoms with van der Waals surface area (Å²) >= 11 is 1.10. The van der Waals surface area contributed by atoms with Gasteiger partial charge in [-0.3, -0.25) is 0 Å². The van der Waals surface area contributed by atoms with E-state index < -0.39 is 0 Å². The van der Waals surface area contributed by atoms with Crippen molar-refractivity contribution in [3.8, 4) is 5.75 Å². The molecule has 0 N–H and O–H groups in total. The normalized spacial score (nSPS) is 17.7. The minimum Gasteiger partial charge on any atom is -1.00 e. The molecule has 2 rings (SSSR count). The Morgan fingerprint density at radius 2 is 1.37 bits per heavy atom. The SMILES string of the molecule is CC1=C(C)C(C)C(c2cc(C(C)(C)C)cc(C(C)(C)C)c2[O][Zr+2])=C1C.[Br-].[Br-]. The van der Waals surface area contributed by atoms with Gasteiger partial charge in [0.1, 0.15) is 0 Å². The number of rotatable bonds is 2. The topological polar surface area (TPSA) is 9.23 Å². The van der Waals surface area contributed by atoms with Gasteiger partial charge in [0.2, 0.25) is 0 Å². The first-order valence-corrected chi connectivity index (χ1v) is 10.2. The van der Waals surface area contributed by atoms with Gasteiger partial charge >= 0.3 is 171 Å². The van der Waals surface area contributed by atoms with Gasteiger partial charge in [-0.25, -0.2) is 0 Å². The summed E-state index contributed by atoms with van der Waals surface area (Å²) in [7, 11) is 0. The van der Waals surface area contributed by atoms with Crippen molar-refractivity contribution in [1.82, 2.24) is 0 Å². The first kappa shape index (κ1) is 27.3. The van der Waals surface area contributed by atoms with Crippen LogP contribution in [-0.4, -0.2) is 0 Å². The first-order chi connectivity index (χ1) is 11.3. The second kappa shape index (κ2) is 9.44. The van der Waals surface area contributed by atoms with E-state index in [1.807, 2.05) is 0 Å². The average molecular weight is 577 g/mol. The molecule has 4 heteroatoms.